The predicted molar refractivity (Wildman–Crippen MR) is 86.7 cm³/mol. The standard InChI is InChI=1S/C12H3Cl6NO2/c13-3-1-4(12(20)21)11(19-2-3)5-6(14)8(16)10(18)9(17)7(5)15/h1-2H,(H,20,21). The number of rotatable bonds is 2. The molecule has 0 atom stereocenters. The second kappa shape index (κ2) is 6.37. The van der Waals surface area contributed by atoms with Gasteiger partial charge in [0.1, 0.15) is 0 Å². The number of carbonyl (C=O) groups is 1. The first-order valence-corrected chi connectivity index (χ1v) is 7.43. The van der Waals surface area contributed by atoms with Crippen molar-refractivity contribution in [2.75, 3.05) is 0 Å². The molecular formula is C12H3Cl6NO2. The Kier molecular flexibility index (Phi) is 5.14. The largest absolute Gasteiger partial charge is 0.478 e. The first-order valence-electron chi connectivity index (χ1n) is 5.16. The lowest BCUT2D eigenvalue weighted by molar-refractivity contribution is 0.0697. The molecule has 110 valence electrons. The fourth-order valence-corrected chi connectivity index (χ4v) is 3.09. The van der Waals surface area contributed by atoms with Gasteiger partial charge in [-0.1, -0.05) is 69.6 Å². The number of carboxylic acids is 1. The van der Waals surface area contributed by atoms with Gasteiger partial charge in [-0.05, 0) is 6.07 Å². The zero-order valence-corrected chi connectivity index (χ0v) is 14.3. The molecule has 1 aromatic carbocycles. The van der Waals surface area contributed by atoms with E-state index in [4.69, 9.17) is 69.6 Å². The second-order valence-corrected chi connectivity index (χ2v) is 6.13. The number of aromatic nitrogens is 1. The van der Waals surface area contributed by atoms with Gasteiger partial charge in [0.25, 0.3) is 0 Å². The summed E-state index contributed by atoms with van der Waals surface area (Å²) in [5.74, 6) is -1.26. The molecule has 1 N–H and O–H groups in total. The van der Waals surface area contributed by atoms with Crippen LogP contribution in [0.5, 0.6) is 0 Å². The van der Waals surface area contributed by atoms with Gasteiger partial charge >= 0.3 is 5.97 Å². The van der Waals surface area contributed by atoms with Crippen molar-refractivity contribution in [3.63, 3.8) is 0 Å². The molecule has 0 radical (unpaired) electrons. The van der Waals surface area contributed by atoms with Crippen LogP contribution in [0, 0.1) is 0 Å². The van der Waals surface area contributed by atoms with E-state index in [2.05, 4.69) is 4.98 Å². The summed E-state index contributed by atoms with van der Waals surface area (Å²) in [6, 6.07) is 1.22. The zero-order chi connectivity index (χ0) is 15.9. The maximum absolute atomic E-state index is 11.3. The summed E-state index contributed by atoms with van der Waals surface area (Å²) in [5.41, 5.74) is -0.130. The monoisotopic (exact) mass is 403 g/mol. The number of nitrogens with zero attached hydrogens (tertiary/aromatic N) is 1. The lowest BCUT2D eigenvalue weighted by atomic mass is 10.1. The fourth-order valence-electron chi connectivity index (χ4n) is 1.61. The number of benzene rings is 1. The molecular weight excluding hydrogens is 403 g/mol. The Balaban J connectivity index is 2.89. The van der Waals surface area contributed by atoms with E-state index in [-0.39, 0.29) is 47.0 Å². The molecule has 0 fully saturated rings. The number of aromatic carboxylic acids is 1. The number of pyridine rings is 1. The molecule has 0 aliphatic carbocycles. The fraction of sp³-hybridized carbons (Fsp3) is 0. The molecule has 2 aromatic rings. The molecule has 21 heavy (non-hydrogen) atoms. The van der Waals surface area contributed by atoms with Gasteiger partial charge in [-0.25, -0.2) is 4.79 Å². The van der Waals surface area contributed by atoms with Gasteiger partial charge in [-0.2, -0.15) is 0 Å². The van der Waals surface area contributed by atoms with Crippen LogP contribution in [0.3, 0.4) is 0 Å². The minimum absolute atomic E-state index is 0.0117. The lowest BCUT2D eigenvalue weighted by Gasteiger charge is -2.13. The van der Waals surface area contributed by atoms with Gasteiger partial charge in [0.05, 0.1) is 41.4 Å². The molecule has 0 saturated carbocycles. The van der Waals surface area contributed by atoms with E-state index in [1.54, 1.807) is 0 Å². The van der Waals surface area contributed by atoms with Crippen molar-refractivity contribution in [1.82, 2.24) is 4.98 Å². The highest BCUT2D eigenvalue weighted by Gasteiger charge is 2.25. The Morgan fingerprint density at radius 2 is 1.38 bits per heavy atom. The van der Waals surface area contributed by atoms with Crippen molar-refractivity contribution >= 4 is 75.6 Å². The highest BCUT2D eigenvalue weighted by Crippen LogP contribution is 2.48. The first-order chi connectivity index (χ1) is 9.75. The molecule has 1 heterocycles. The Labute approximate surface area is 149 Å². The van der Waals surface area contributed by atoms with Crippen LogP contribution >= 0.6 is 69.6 Å². The quantitative estimate of drug-likeness (QED) is 0.466. The molecule has 3 nitrogen and oxygen atoms in total. The van der Waals surface area contributed by atoms with Crippen LogP contribution in [-0.2, 0) is 0 Å². The van der Waals surface area contributed by atoms with Crippen molar-refractivity contribution in [1.29, 1.82) is 0 Å². The Hall–Kier alpha value is -0.420. The SMILES string of the molecule is O=C(O)c1cc(Cl)cnc1-c1c(Cl)c(Cl)c(Cl)c(Cl)c1Cl. The minimum Gasteiger partial charge on any atom is -0.478 e. The van der Waals surface area contributed by atoms with Crippen LogP contribution in [0.15, 0.2) is 12.3 Å². The number of halogens is 6. The van der Waals surface area contributed by atoms with Crippen LogP contribution in [0.4, 0.5) is 0 Å². The summed E-state index contributed by atoms with van der Waals surface area (Å²) >= 11 is 35.8. The van der Waals surface area contributed by atoms with Crippen molar-refractivity contribution in [2.24, 2.45) is 0 Å². The smallest absolute Gasteiger partial charge is 0.337 e. The number of hydrogen-bond donors (Lipinski definition) is 1. The molecule has 0 bridgehead atoms. The average molecular weight is 406 g/mol. The van der Waals surface area contributed by atoms with E-state index in [9.17, 15) is 9.90 Å². The molecule has 0 aliphatic rings. The van der Waals surface area contributed by atoms with Crippen molar-refractivity contribution < 1.29 is 9.90 Å². The minimum atomic E-state index is -1.26. The van der Waals surface area contributed by atoms with E-state index in [0.717, 1.165) is 0 Å². The lowest BCUT2D eigenvalue weighted by Crippen LogP contribution is -2.03. The van der Waals surface area contributed by atoms with Gasteiger partial charge in [-0.15, -0.1) is 0 Å². The van der Waals surface area contributed by atoms with Gasteiger partial charge < -0.3 is 5.11 Å². The number of carboxylic acid groups (broad SMARTS) is 1. The Bertz CT molecular complexity index is 733. The summed E-state index contributed by atoms with van der Waals surface area (Å²) in [7, 11) is 0. The van der Waals surface area contributed by atoms with Crippen LogP contribution in [0.25, 0.3) is 11.3 Å². The summed E-state index contributed by atoms with van der Waals surface area (Å²) in [6.45, 7) is 0. The van der Waals surface area contributed by atoms with E-state index >= 15 is 0 Å². The van der Waals surface area contributed by atoms with Gasteiger partial charge in [-0.3, -0.25) is 4.98 Å². The predicted octanol–water partition coefficient (Wildman–Crippen LogP) is 6.37. The molecule has 0 spiro atoms. The maximum Gasteiger partial charge on any atom is 0.337 e. The molecule has 0 aliphatic heterocycles. The second-order valence-electron chi connectivity index (χ2n) is 3.80. The summed E-state index contributed by atoms with van der Waals surface area (Å²) in [4.78, 5) is 15.3. The third-order valence-corrected chi connectivity index (χ3v) is 5.01. The van der Waals surface area contributed by atoms with E-state index in [1.165, 1.54) is 12.3 Å². The Morgan fingerprint density at radius 3 is 1.86 bits per heavy atom. The van der Waals surface area contributed by atoms with Gasteiger partial charge in [0.15, 0.2) is 0 Å². The highest BCUT2D eigenvalue weighted by molar-refractivity contribution is 6.56. The summed E-state index contributed by atoms with van der Waals surface area (Å²) in [5, 5.41) is 9.19. The van der Waals surface area contributed by atoms with Crippen LogP contribution in [-0.4, -0.2) is 16.1 Å². The summed E-state index contributed by atoms with van der Waals surface area (Å²) in [6.07, 6.45) is 1.26. The molecule has 2 rings (SSSR count). The van der Waals surface area contributed by atoms with Crippen molar-refractivity contribution in [3.05, 3.63) is 48.0 Å². The normalized spacial score (nSPS) is 10.8. The molecule has 0 amide bonds. The average Bonchev–Trinajstić information content (AvgIpc) is 2.44. The number of hydrogen-bond acceptors (Lipinski definition) is 2. The summed E-state index contributed by atoms with van der Waals surface area (Å²) < 4.78 is 0. The van der Waals surface area contributed by atoms with E-state index in [1.807, 2.05) is 0 Å². The van der Waals surface area contributed by atoms with Gasteiger partial charge in [0, 0.05) is 11.8 Å². The Morgan fingerprint density at radius 1 is 0.905 bits per heavy atom. The van der Waals surface area contributed by atoms with Crippen molar-refractivity contribution in [2.45, 2.75) is 0 Å². The molecule has 1 aromatic heterocycles. The van der Waals surface area contributed by atoms with E-state index in [0.29, 0.717) is 0 Å². The third kappa shape index (κ3) is 3.04. The van der Waals surface area contributed by atoms with Gasteiger partial charge in [0.2, 0.25) is 0 Å². The third-order valence-electron chi connectivity index (χ3n) is 2.53. The van der Waals surface area contributed by atoms with Crippen molar-refractivity contribution in [3.8, 4) is 11.3 Å². The highest BCUT2D eigenvalue weighted by atomic mass is 35.5. The molecule has 9 heteroatoms. The van der Waals surface area contributed by atoms with Crippen LogP contribution in [0.1, 0.15) is 10.4 Å². The first kappa shape index (κ1) is 16.9. The molecule has 0 saturated heterocycles. The maximum atomic E-state index is 11.3. The topological polar surface area (TPSA) is 50.2 Å². The molecule has 0 unspecified atom stereocenters. The van der Waals surface area contributed by atoms with Crippen LogP contribution < -0.4 is 0 Å². The zero-order valence-electron chi connectivity index (χ0n) is 9.73. The van der Waals surface area contributed by atoms with E-state index < -0.39 is 5.97 Å². The van der Waals surface area contributed by atoms with Crippen LogP contribution in [0.2, 0.25) is 30.1 Å².